The smallest absolute Gasteiger partial charge is 0.257 e. The molecule has 0 unspecified atom stereocenters. The van der Waals surface area contributed by atoms with Crippen LogP contribution in [0.5, 0.6) is 5.75 Å². The number of carbonyl (C=O) groups is 1. The van der Waals surface area contributed by atoms with Crippen molar-refractivity contribution in [2.45, 2.75) is 33.1 Å². The van der Waals surface area contributed by atoms with Gasteiger partial charge in [0.15, 0.2) is 0 Å². The Hall–Kier alpha value is -3.09. The number of aryl methyl sites for hydroxylation is 1. The van der Waals surface area contributed by atoms with E-state index in [1.165, 1.54) is 6.20 Å². The van der Waals surface area contributed by atoms with Crippen molar-refractivity contribution in [2.24, 2.45) is 0 Å². The Morgan fingerprint density at radius 3 is 2.40 bits per heavy atom. The van der Waals surface area contributed by atoms with E-state index in [2.05, 4.69) is 15.2 Å². The number of pyridine rings is 1. The van der Waals surface area contributed by atoms with Gasteiger partial charge in [0, 0.05) is 41.0 Å². The van der Waals surface area contributed by atoms with Crippen LogP contribution in [0.15, 0.2) is 54.7 Å². The number of benzene rings is 2. The molecular formula is C27H30Cl2N4O2. The van der Waals surface area contributed by atoms with Gasteiger partial charge in [-0.2, -0.15) is 0 Å². The normalized spacial score (nSPS) is 12.7. The second-order valence-corrected chi connectivity index (χ2v) is 9.06. The van der Waals surface area contributed by atoms with Gasteiger partial charge in [0.1, 0.15) is 17.4 Å². The highest BCUT2D eigenvalue weighted by Crippen LogP contribution is 2.29. The van der Waals surface area contributed by atoms with Crippen LogP contribution in [0.4, 0.5) is 5.82 Å². The summed E-state index contributed by atoms with van der Waals surface area (Å²) < 4.78 is 5.55. The molecule has 1 amide bonds. The van der Waals surface area contributed by atoms with Gasteiger partial charge in [-0.3, -0.25) is 10.2 Å². The summed E-state index contributed by atoms with van der Waals surface area (Å²) in [5.74, 6) is 1.22. The van der Waals surface area contributed by atoms with Gasteiger partial charge in [-0.15, -0.1) is 0 Å². The van der Waals surface area contributed by atoms with E-state index in [4.69, 9.17) is 33.3 Å². The maximum atomic E-state index is 13.1. The molecule has 6 nitrogen and oxygen atoms in total. The van der Waals surface area contributed by atoms with E-state index >= 15 is 0 Å². The monoisotopic (exact) mass is 512 g/mol. The van der Waals surface area contributed by atoms with Crippen LogP contribution in [0.25, 0.3) is 0 Å². The number of nitrogens with one attached hydrogen (secondary N) is 2. The average Bonchev–Trinajstić information content (AvgIpc) is 3.39. The molecule has 0 saturated carbocycles. The Kier molecular flexibility index (Phi) is 9.13. The maximum Gasteiger partial charge on any atom is 0.257 e. The molecule has 2 N–H and O–H groups in total. The number of carbonyl (C=O) groups excluding carboxylic acids is 1. The molecular weight excluding hydrogens is 483 g/mol. The average molecular weight is 513 g/mol. The number of methoxy groups -OCH3 is 1. The van der Waals surface area contributed by atoms with Crippen molar-refractivity contribution < 1.29 is 9.53 Å². The van der Waals surface area contributed by atoms with E-state index in [9.17, 15) is 4.79 Å². The predicted octanol–water partition coefficient (Wildman–Crippen LogP) is 6.49. The Morgan fingerprint density at radius 1 is 1.06 bits per heavy atom. The fraction of sp³-hybridized carbons (Fsp3) is 0.296. The zero-order valence-corrected chi connectivity index (χ0v) is 20.4. The maximum absolute atomic E-state index is 13.1. The van der Waals surface area contributed by atoms with Crippen LogP contribution >= 0.6 is 23.2 Å². The van der Waals surface area contributed by atoms with E-state index < -0.39 is 0 Å². The Balaban J connectivity index is 0.00000342. The fourth-order valence-corrected chi connectivity index (χ4v) is 4.43. The molecule has 0 aliphatic carbocycles. The van der Waals surface area contributed by atoms with Crippen LogP contribution in [0.2, 0.25) is 10.0 Å². The third-order valence-electron chi connectivity index (χ3n) is 5.92. The van der Waals surface area contributed by atoms with Crippen LogP contribution in [0.3, 0.4) is 0 Å². The molecule has 1 aliphatic rings. The van der Waals surface area contributed by atoms with Crippen molar-refractivity contribution in [1.29, 1.82) is 5.41 Å². The molecule has 1 aliphatic heterocycles. The van der Waals surface area contributed by atoms with E-state index in [1.807, 2.05) is 24.3 Å². The number of ether oxygens (including phenoxy) is 1. The van der Waals surface area contributed by atoms with Gasteiger partial charge in [-0.1, -0.05) is 54.9 Å². The molecule has 2 aromatic carbocycles. The lowest BCUT2D eigenvalue weighted by Gasteiger charge is -2.18. The number of hydrogen-bond donors (Lipinski definition) is 2. The highest BCUT2D eigenvalue weighted by molar-refractivity contribution is 6.31. The minimum absolute atomic E-state index is 0. The molecule has 0 spiro atoms. The SMILES string of the molecule is C.COc1cc(Cl)cc(C(=O)Nc2ccc(Cl)cn2)c1CCc1ccc(C(=N)N2CCCC2)cc1. The summed E-state index contributed by atoms with van der Waals surface area (Å²) in [4.78, 5) is 19.3. The summed E-state index contributed by atoms with van der Waals surface area (Å²) in [5, 5.41) is 12.1. The highest BCUT2D eigenvalue weighted by atomic mass is 35.5. The second kappa shape index (κ2) is 12.0. The van der Waals surface area contributed by atoms with E-state index in [1.54, 1.807) is 31.4 Å². The van der Waals surface area contributed by atoms with Crippen molar-refractivity contribution >= 4 is 40.8 Å². The van der Waals surface area contributed by atoms with Gasteiger partial charge in [0.2, 0.25) is 0 Å². The number of likely N-dealkylation sites (tertiary alicyclic amines) is 1. The van der Waals surface area contributed by atoms with Crippen LogP contribution in [-0.2, 0) is 12.8 Å². The first kappa shape index (κ1) is 26.5. The molecule has 0 radical (unpaired) electrons. The van der Waals surface area contributed by atoms with Crippen LogP contribution < -0.4 is 10.1 Å². The second-order valence-electron chi connectivity index (χ2n) is 8.19. The van der Waals surface area contributed by atoms with Crippen LogP contribution in [-0.4, -0.2) is 41.8 Å². The molecule has 0 bridgehead atoms. The first-order chi connectivity index (χ1) is 16.4. The van der Waals surface area contributed by atoms with Gasteiger partial charge in [0.25, 0.3) is 5.91 Å². The van der Waals surface area contributed by atoms with E-state index in [-0.39, 0.29) is 13.3 Å². The summed E-state index contributed by atoms with van der Waals surface area (Å²) in [6.07, 6.45) is 5.05. The molecule has 8 heteroatoms. The molecule has 3 aromatic rings. The minimum Gasteiger partial charge on any atom is -0.496 e. The number of amidine groups is 1. The van der Waals surface area contributed by atoms with Gasteiger partial charge < -0.3 is 15.0 Å². The number of aromatic nitrogens is 1. The zero-order chi connectivity index (χ0) is 24.1. The lowest BCUT2D eigenvalue weighted by Crippen LogP contribution is -2.27. The van der Waals surface area contributed by atoms with Crippen LogP contribution in [0, 0.1) is 5.41 Å². The van der Waals surface area contributed by atoms with Gasteiger partial charge >= 0.3 is 0 Å². The highest BCUT2D eigenvalue weighted by Gasteiger charge is 2.19. The number of hydrogen-bond acceptors (Lipinski definition) is 4. The van der Waals surface area contributed by atoms with Gasteiger partial charge in [-0.05, 0) is 55.5 Å². The molecule has 0 atom stereocenters. The van der Waals surface area contributed by atoms with Crippen molar-refractivity contribution in [3.8, 4) is 5.75 Å². The topological polar surface area (TPSA) is 78.3 Å². The molecule has 1 saturated heterocycles. The van der Waals surface area contributed by atoms with Gasteiger partial charge in [0.05, 0.1) is 12.1 Å². The largest absolute Gasteiger partial charge is 0.496 e. The number of nitrogens with zero attached hydrogens (tertiary/aromatic N) is 2. The number of anilines is 1. The molecule has 1 aromatic heterocycles. The third-order valence-corrected chi connectivity index (χ3v) is 6.36. The number of amides is 1. The lowest BCUT2D eigenvalue weighted by atomic mass is 9.97. The minimum atomic E-state index is -0.319. The molecule has 2 heterocycles. The molecule has 1 fully saturated rings. The Labute approximate surface area is 216 Å². The fourth-order valence-electron chi connectivity index (χ4n) is 4.11. The molecule has 184 valence electrons. The first-order valence-corrected chi connectivity index (χ1v) is 11.9. The van der Waals surface area contributed by atoms with Crippen molar-refractivity contribution in [3.63, 3.8) is 0 Å². The summed E-state index contributed by atoms with van der Waals surface area (Å²) in [5.41, 5.74) is 3.24. The summed E-state index contributed by atoms with van der Waals surface area (Å²) in [7, 11) is 1.57. The number of rotatable bonds is 7. The molecule has 4 rings (SSSR count). The van der Waals surface area contributed by atoms with Gasteiger partial charge in [-0.25, -0.2) is 4.98 Å². The first-order valence-electron chi connectivity index (χ1n) is 11.2. The summed E-state index contributed by atoms with van der Waals surface area (Å²) in [6, 6.07) is 14.7. The van der Waals surface area contributed by atoms with E-state index in [0.29, 0.717) is 45.9 Å². The summed E-state index contributed by atoms with van der Waals surface area (Å²) in [6.45, 7) is 1.90. The molecule has 35 heavy (non-hydrogen) atoms. The zero-order valence-electron chi connectivity index (χ0n) is 18.9. The summed E-state index contributed by atoms with van der Waals surface area (Å²) >= 11 is 12.2. The quantitative estimate of drug-likeness (QED) is 0.280. The Morgan fingerprint density at radius 2 is 1.77 bits per heavy atom. The predicted molar refractivity (Wildman–Crippen MR) is 143 cm³/mol. The Bertz CT molecular complexity index is 1180. The third kappa shape index (κ3) is 6.53. The van der Waals surface area contributed by atoms with Crippen molar-refractivity contribution in [1.82, 2.24) is 9.88 Å². The van der Waals surface area contributed by atoms with Crippen molar-refractivity contribution in [3.05, 3.63) is 87.0 Å². The lowest BCUT2D eigenvalue weighted by molar-refractivity contribution is 0.102. The standard InChI is InChI=1S/C26H26Cl2N4O2.CH4/c1-34-23-15-20(28)14-22(26(33)31-24-11-9-19(27)16-30-24)21(23)10-6-17-4-7-18(8-5-17)25(29)32-12-2-3-13-32;/h4-5,7-9,11,14-16,29H,2-3,6,10,12-13H2,1H3,(H,30,31,33);1H4. The number of halogens is 2. The van der Waals surface area contributed by atoms with Crippen LogP contribution in [0.1, 0.15) is 47.3 Å². The van der Waals surface area contributed by atoms with E-state index in [0.717, 1.165) is 42.6 Å². The van der Waals surface area contributed by atoms with Crippen molar-refractivity contribution in [2.75, 3.05) is 25.5 Å².